The maximum atomic E-state index is 12.5. The molecule has 2 heterocycles. The van der Waals surface area contributed by atoms with E-state index in [1.807, 2.05) is 11.8 Å². The number of nitrogens with zero attached hydrogens (tertiary/aromatic N) is 2. The fraction of sp³-hybridized carbons (Fsp3) is 0.857. The highest BCUT2D eigenvalue weighted by Gasteiger charge is 2.48. The van der Waals surface area contributed by atoms with Gasteiger partial charge in [-0.2, -0.15) is 0 Å². The molecule has 19 heavy (non-hydrogen) atoms. The number of rotatable bonds is 2. The lowest BCUT2D eigenvalue weighted by Crippen LogP contribution is -2.47. The predicted octanol–water partition coefficient (Wildman–Crippen LogP) is 1.78. The molecule has 3 atom stereocenters. The number of hydrogen-bond acceptors (Lipinski definition) is 2. The average Bonchev–Trinajstić information content (AvgIpc) is 3.12. The Hall–Kier alpha value is -1.26. The quantitative estimate of drug-likeness (QED) is 0.828. The third kappa shape index (κ3) is 1.90. The van der Waals surface area contributed by atoms with E-state index in [1.54, 1.807) is 4.90 Å². The Labute approximate surface area is 113 Å². The highest BCUT2D eigenvalue weighted by atomic mass is 16.4. The lowest BCUT2D eigenvalue weighted by atomic mass is 9.84. The first-order valence-corrected chi connectivity index (χ1v) is 7.34. The van der Waals surface area contributed by atoms with Crippen LogP contribution in [0.3, 0.4) is 0 Å². The van der Waals surface area contributed by atoms with Gasteiger partial charge >= 0.3 is 12.0 Å². The van der Waals surface area contributed by atoms with Crippen LogP contribution in [0.15, 0.2) is 0 Å². The second-order valence-electron chi connectivity index (χ2n) is 6.38. The van der Waals surface area contributed by atoms with Gasteiger partial charge in [-0.1, -0.05) is 6.92 Å². The number of urea groups is 1. The van der Waals surface area contributed by atoms with Crippen molar-refractivity contribution >= 4 is 12.0 Å². The molecule has 2 aliphatic heterocycles. The molecule has 0 radical (unpaired) electrons. The molecule has 2 amide bonds. The zero-order valence-electron chi connectivity index (χ0n) is 11.5. The van der Waals surface area contributed by atoms with E-state index in [1.165, 1.54) is 6.42 Å². The number of amides is 2. The molecule has 1 N–H and O–H groups in total. The van der Waals surface area contributed by atoms with Crippen molar-refractivity contribution < 1.29 is 14.7 Å². The second-order valence-corrected chi connectivity index (χ2v) is 6.38. The summed E-state index contributed by atoms with van der Waals surface area (Å²) >= 11 is 0. The first-order chi connectivity index (χ1) is 9.05. The van der Waals surface area contributed by atoms with Crippen LogP contribution in [0.1, 0.15) is 39.0 Å². The summed E-state index contributed by atoms with van der Waals surface area (Å²) in [6.45, 7) is 3.75. The summed E-state index contributed by atoms with van der Waals surface area (Å²) in [6.07, 6.45) is 4.71. The van der Waals surface area contributed by atoms with Crippen LogP contribution in [-0.2, 0) is 4.79 Å². The Kier molecular flexibility index (Phi) is 2.95. The van der Waals surface area contributed by atoms with E-state index in [0.717, 1.165) is 19.4 Å². The molecule has 5 heteroatoms. The van der Waals surface area contributed by atoms with E-state index < -0.39 is 11.4 Å². The zero-order valence-corrected chi connectivity index (χ0v) is 11.5. The minimum absolute atomic E-state index is 0.0729. The molecule has 0 aromatic carbocycles. The maximum Gasteiger partial charge on any atom is 0.320 e. The van der Waals surface area contributed by atoms with Gasteiger partial charge in [0, 0.05) is 25.7 Å². The number of piperidine rings is 1. The number of aliphatic carboxylic acids is 1. The van der Waals surface area contributed by atoms with Crippen molar-refractivity contribution in [1.29, 1.82) is 0 Å². The van der Waals surface area contributed by atoms with Crippen LogP contribution in [0.4, 0.5) is 4.79 Å². The summed E-state index contributed by atoms with van der Waals surface area (Å²) in [5.41, 5.74) is -0.714. The number of carboxylic acids is 1. The fourth-order valence-electron chi connectivity index (χ4n) is 3.99. The molecule has 3 rings (SSSR count). The molecule has 1 saturated carbocycles. The molecular weight excluding hydrogens is 244 g/mol. The molecule has 5 nitrogen and oxygen atoms in total. The minimum atomic E-state index is -0.756. The molecule has 0 aromatic heterocycles. The molecule has 106 valence electrons. The Morgan fingerprint density at radius 2 is 2.16 bits per heavy atom. The van der Waals surface area contributed by atoms with Gasteiger partial charge in [0.1, 0.15) is 0 Å². The summed E-state index contributed by atoms with van der Waals surface area (Å²) in [7, 11) is 0. The molecule has 3 unspecified atom stereocenters. The number of carboxylic acid groups (broad SMARTS) is 1. The standard InChI is InChI=1S/C14H22N2O3/c1-2-14(12(17)18)5-6-15(9-14)13(19)16-8-10-3-4-11(16)7-10/h10-11H,2-9H2,1H3,(H,17,18). The van der Waals surface area contributed by atoms with Crippen LogP contribution in [0, 0.1) is 11.3 Å². The minimum Gasteiger partial charge on any atom is -0.481 e. The van der Waals surface area contributed by atoms with Crippen molar-refractivity contribution in [3.05, 3.63) is 0 Å². The lowest BCUT2D eigenvalue weighted by molar-refractivity contribution is -0.148. The van der Waals surface area contributed by atoms with E-state index in [9.17, 15) is 14.7 Å². The van der Waals surface area contributed by atoms with Gasteiger partial charge in [-0.05, 0) is 38.0 Å². The number of carbonyl (C=O) groups is 2. The van der Waals surface area contributed by atoms with Crippen molar-refractivity contribution in [3.8, 4) is 0 Å². The highest BCUT2D eigenvalue weighted by Crippen LogP contribution is 2.40. The third-order valence-electron chi connectivity index (χ3n) is 5.41. The number of fused-ring (bicyclic) bond motifs is 2. The van der Waals surface area contributed by atoms with Crippen LogP contribution >= 0.6 is 0 Å². The lowest BCUT2D eigenvalue weighted by Gasteiger charge is -2.32. The second kappa shape index (κ2) is 4.39. The number of carbonyl (C=O) groups excluding carboxylic acids is 1. The van der Waals surface area contributed by atoms with E-state index >= 15 is 0 Å². The first-order valence-electron chi connectivity index (χ1n) is 7.34. The topological polar surface area (TPSA) is 60.9 Å². The third-order valence-corrected chi connectivity index (χ3v) is 5.41. The van der Waals surface area contributed by atoms with Gasteiger partial charge in [0.25, 0.3) is 0 Å². The van der Waals surface area contributed by atoms with Crippen LogP contribution in [0.5, 0.6) is 0 Å². The van der Waals surface area contributed by atoms with E-state index in [4.69, 9.17) is 0 Å². The molecule has 3 aliphatic rings. The molecule has 0 aromatic rings. The largest absolute Gasteiger partial charge is 0.481 e. The predicted molar refractivity (Wildman–Crippen MR) is 69.8 cm³/mol. The summed E-state index contributed by atoms with van der Waals surface area (Å²) in [4.78, 5) is 27.7. The van der Waals surface area contributed by atoms with E-state index in [-0.39, 0.29) is 6.03 Å². The van der Waals surface area contributed by atoms with E-state index in [2.05, 4.69) is 0 Å². The van der Waals surface area contributed by atoms with Gasteiger partial charge in [-0.3, -0.25) is 4.79 Å². The van der Waals surface area contributed by atoms with Crippen molar-refractivity contribution in [2.24, 2.45) is 11.3 Å². The number of hydrogen-bond donors (Lipinski definition) is 1. The fourth-order valence-corrected chi connectivity index (χ4v) is 3.99. The number of likely N-dealkylation sites (tertiary alicyclic amines) is 2. The SMILES string of the molecule is CCC1(C(=O)O)CCN(C(=O)N2CC3CCC2C3)C1. The van der Waals surface area contributed by atoms with Crippen molar-refractivity contribution in [2.45, 2.75) is 45.1 Å². The monoisotopic (exact) mass is 266 g/mol. The van der Waals surface area contributed by atoms with Gasteiger partial charge in [0.05, 0.1) is 5.41 Å². The molecule has 1 aliphatic carbocycles. The van der Waals surface area contributed by atoms with Gasteiger partial charge in [0.15, 0.2) is 0 Å². The normalized spacial score (nSPS) is 37.1. The summed E-state index contributed by atoms with van der Waals surface area (Å²) in [5, 5.41) is 9.38. The zero-order chi connectivity index (χ0) is 13.6. The summed E-state index contributed by atoms with van der Waals surface area (Å²) in [6, 6.07) is 0.489. The molecule has 0 spiro atoms. The molecule has 3 fully saturated rings. The van der Waals surface area contributed by atoms with Crippen molar-refractivity contribution in [2.75, 3.05) is 19.6 Å². The Bertz CT molecular complexity index is 411. The van der Waals surface area contributed by atoms with Crippen LogP contribution in [-0.4, -0.2) is 52.6 Å². The Morgan fingerprint density at radius 3 is 2.63 bits per heavy atom. The Morgan fingerprint density at radius 1 is 1.37 bits per heavy atom. The van der Waals surface area contributed by atoms with Crippen LogP contribution in [0.25, 0.3) is 0 Å². The van der Waals surface area contributed by atoms with Gasteiger partial charge in [-0.25, -0.2) is 4.79 Å². The maximum absolute atomic E-state index is 12.5. The van der Waals surface area contributed by atoms with Gasteiger partial charge < -0.3 is 14.9 Å². The molecule has 2 saturated heterocycles. The van der Waals surface area contributed by atoms with Crippen molar-refractivity contribution in [3.63, 3.8) is 0 Å². The van der Waals surface area contributed by atoms with Crippen LogP contribution < -0.4 is 0 Å². The van der Waals surface area contributed by atoms with Crippen LogP contribution in [0.2, 0.25) is 0 Å². The highest BCUT2D eigenvalue weighted by molar-refractivity contribution is 5.80. The smallest absolute Gasteiger partial charge is 0.320 e. The summed E-state index contributed by atoms with van der Waals surface area (Å²) < 4.78 is 0. The van der Waals surface area contributed by atoms with E-state index in [0.29, 0.717) is 37.9 Å². The Balaban J connectivity index is 1.68. The van der Waals surface area contributed by atoms with Gasteiger partial charge in [0.2, 0.25) is 0 Å². The molecule has 2 bridgehead atoms. The molecular formula is C14H22N2O3. The summed E-state index contributed by atoms with van der Waals surface area (Å²) in [5.74, 6) is -0.0693. The average molecular weight is 266 g/mol. The first kappa shape index (κ1) is 12.8. The van der Waals surface area contributed by atoms with Gasteiger partial charge in [-0.15, -0.1) is 0 Å². The van der Waals surface area contributed by atoms with Crippen molar-refractivity contribution in [1.82, 2.24) is 9.80 Å².